The van der Waals surface area contributed by atoms with Crippen molar-refractivity contribution in [3.8, 4) is 0 Å². The van der Waals surface area contributed by atoms with Crippen LogP contribution in [0.1, 0.15) is 44.9 Å². The minimum atomic E-state index is -0.596. The lowest BCUT2D eigenvalue weighted by atomic mass is 9.99. The first-order valence-corrected chi connectivity index (χ1v) is 6.67. The molecule has 0 N–H and O–H groups in total. The maximum atomic E-state index is 11.4. The van der Waals surface area contributed by atoms with Crippen LogP contribution in [0.25, 0.3) is 0 Å². The summed E-state index contributed by atoms with van der Waals surface area (Å²) >= 11 is 5.24. The Labute approximate surface area is 107 Å². The smallest absolute Gasteiger partial charge is 0.344 e. The summed E-state index contributed by atoms with van der Waals surface area (Å²) in [5.41, 5.74) is 0. The molecule has 0 amide bonds. The highest BCUT2D eigenvalue weighted by atomic mass is 35.5. The number of hydrogen-bond donors (Lipinski definition) is 0. The van der Waals surface area contributed by atoms with Gasteiger partial charge in [-0.3, -0.25) is 4.79 Å². The van der Waals surface area contributed by atoms with Crippen LogP contribution in [0.4, 0.5) is 0 Å². The van der Waals surface area contributed by atoms with Crippen molar-refractivity contribution in [2.75, 3.05) is 12.5 Å². The molecule has 0 bridgehead atoms. The molecule has 0 aromatic rings. The molecule has 0 atom stereocenters. The zero-order chi connectivity index (χ0) is 12.5. The van der Waals surface area contributed by atoms with Crippen LogP contribution in [0.15, 0.2) is 0 Å². The lowest BCUT2D eigenvalue weighted by molar-refractivity contribution is -0.161. The second-order valence-corrected chi connectivity index (χ2v) is 4.52. The van der Waals surface area contributed by atoms with Gasteiger partial charge in [0, 0.05) is 0 Å². The lowest BCUT2D eigenvalue weighted by Gasteiger charge is -2.19. The fourth-order valence-electron chi connectivity index (χ4n) is 1.93. The third-order valence-corrected chi connectivity index (χ3v) is 3.03. The average molecular weight is 263 g/mol. The number of carbonyl (C=O) groups is 2. The highest BCUT2D eigenvalue weighted by molar-refractivity contribution is 6.26. The van der Waals surface area contributed by atoms with E-state index in [0.717, 1.165) is 25.7 Å². The Balaban J connectivity index is 2.21. The number of hydrogen-bond acceptors (Lipinski definition) is 4. The van der Waals surface area contributed by atoms with Crippen molar-refractivity contribution >= 4 is 23.5 Å². The highest BCUT2D eigenvalue weighted by Gasteiger charge is 2.16. The van der Waals surface area contributed by atoms with E-state index in [1.54, 1.807) is 0 Å². The molecule has 5 heteroatoms. The van der Waals surface area contributed by atoms with Crippen LogP contribution in [-0.4, -0.2) is 30.5 Å². The minimum Gasteiger partial charge on any atom is -0.460 e. The van der Waals surface area contributed by atoms with E-state index in [1.807, 2.05) is 0 Å². The van der Waals surface area contributed by atoms with Crippen LogP contribution in [0.3, 0.4) is 0 Å². The third kappa shape index (κ3) is 6.51. The molecule has 0 aromatic heterocycles. The molecule has 0 aliphatic heterocycles. The van der Waals surface area contributed by atoms with E-state index >= 15 is 0 Å². The van der Waals surface area contributed by atoms with Gasteiger partial charge >= 0.3 is 11.9 Å². The average Bonchev–Trinajstić information content (AvgIpc) is 2.29. The van der Waals surface area contributed by atoms with Crippen LogP contribution < -0.4 is 0 Å². The zero-order valence-corrected chi connectivity index (χ0v) is 10.7. The Bertz CT molecular complexity index is 247. The molecule has 0 aromatic carbocycles. The van der Waals surface area contributed by atoms with Gasteiger partial charge in [0.25, 0.3) is 0 Å². The second kappa shape index (κ2) is 8.34. The van der Waals surface area contributed by atoms with Gasteiger partial charge in [-0.15, -0.1) is 11.6 Å². The molecule has 4 nitrogen and oxygen atoms in total. The van der Waals surface area contributed by atoms with Crippen molar-refractivity contribution in [3.05, 3.63) is 0 Å². The van der Waals surface area contributed by atoms with E-state index in [-0.39, 0.29) is 18.6 Å². The lowest BCUT2D eigenvalue weighted by Crippen LogP contribution is -2.24. The predicted molar refractivity (Wildman–Crippen MR) is 63.9 cm³/mol. The van der Waals surface area contributed by atoms with E-state index in [1.165, 1.54) is 19.3 Å². The van der Waals surface area contributed by atoms with Crippen molar-refractivity contribution in [1.29, 1.82) is 0 Å². The van der Waals surface area contributed by atoms with Crippen LogP contribution in [-0.2, 0) is 19.1 Å². The SMILES string of the molecule is O=C(CCl)OCC(=O)OC1CCCCCCC1. The number of carbonyl (C=O) groups excluding carboxylic acids is 2. The molecule has 98 valence electrons. The van der Waals surface area contributed by atoms with Crippen LogP contribution in [0, 0.1) is 0 Å². The molecule has 1 rings (SSSR count). The van der Waals surface area contributed by atoms with E-state index in [2.05, 4.69) is 4.74 Å². The molecule has 1 saturated carbocycles. The van der Waals surface area contributed by atoms with Gasteiger partial charge in [0.15, 0.2) is 6.61 Å². The quantitative estimate of drug-likeness (QED) is 0.577. The van der Waals surface area contributed by atoms with Crippen LogP contribution in [0.2, 0.25) is 0 Å². The molecular weight excluding hydrogens is 244 g/mol. The normalized spacial score (nSPS) is 17.9. The molecule has 1 aliphatic rings. The van der Waals surface area contributed by atoms with E-state index in [4.69, 9.17) is 16.3 Å². The summed E-state index contributed by atoms with van der Waals surface area (Å²) in [5.74, 6) is -1.31. The standard InChI is InChI=1S/C12H19ClO4/c13-8-11(14)16-9-12(15)17-10-6-4-2-1-3-5-7-10/h10H,1-9H2. The first-order chi connectivity index (χ1) is 8.22. The fourth-order valence-corrected chi connectivity index (χ4v) is 2.01. The Kier molecular flexibility index (Phi) is 7.01. The topological polar surface area (TPSA) is 52.6 Å². The molecule has 0 spiro atoms. The number of rotatable bonds is 4. The molecule has 0 radical (unpaired) electrons. The Morgan fingerprint density at radius 1 is 1.00 bits per heavy atom. The number of esters is 2. The van der Waals surface area contributed by atoms with E-state index in [9.17, 15) is 9.59 Å². The first kappa shape index (κ1) is 14.3. The maximum Gasteiger partial charge on any atom is 0.344 e. The second-order valence-electron chi connectivity index (χ2n) is 4.25. The maximum absolute atomic E-state index is 11.4. The predicted octanol–water partition coefficient (Wildman–Crippen LogP) is 2.42. The van der Waals surface area contributed by atoms with Crippen molar-refractivity contribution in [3.63, 3.8) is 0 Å². The van der Waals surface area contributed by atoms with Crippen LogP contribution in [0.5, 0.6) is 0 Å². The van der Waals surface area contributed by atoms with Gasteiger partial charge in [-0.25, -0.2) is 4.79 Å². The van der Waals surface area contributed by atoms with Gasteiger partial charge in [0.2, 0.25) is 0 Å². The minimum absolute atomic E-state index is 0.0162. The Morgan fingerprint density at radius 2 is 1.59 bits per heavy atom. The van der Waals surface area contributed by atoms with Crippen LogP contribution >= 0.6 is 11.6 Å². The number of alkyl halides is 1. The summed E-state index contributed by atoms with van der Waals surface area (Å²) in [6, 6.07) is 0. The monoisotopic (exact) mass is 262 g/mol. The van der Waals surface area contributed by atoms with Gasteiger partial charge in [0.05, 0.1) is 0 Å². The molecular formula is C12H19ClO4. The first-order valence-electron chi connectivity index (χ1n) is 6.13. The van der Waals surface area contributed by atoms with Gasteiger partial charge in [0.1, 0.15) is 12.0 Å². The highest BCUT2D eigenvalue weighted by Crippen LogP contribution is 2.19. The summed E-state index contributed by atoms with van der Waals surface area (Å²) in [6.07, 6.45) is 7.68. The summed E-state index contributed by atoms with van der Waals surface area (Å²) in [6.45, 7) is -0.331. The summed E-state index contributed by atoms with van der Waals surface area (Å²) < 4.78 is 9.87. The molecule has 1 fully saturated rings. The van der Waals surface area contributed by atoms with Gasteiger partial charge in [-0.2, -0.15) is 0 Å². The fraction of sp³-hybridized carbons (Fsp3) is 0.833. The van der Waals surface area contributed by atoms with Gasteiger partial charge in [-0.05, 0) is 25.7 Å². The molecule has 0 saturated heterocycles. The van der Waals surface area contributed by atoms with Crippen molar-refractivity contribution in [2.45, 2.75) is 51.0 Å². The molecule has 0 heterocycles. The Morgan fingerprint density at radius 3 is 2.18 bits per heavy atom. The van der Waals surface area contributed by atoms with Crippen molar-refractivity contribution < 1.29 is 19.1 Å². The van der Waals surface area contributed by atoms with Gasteiger partial charge in [-0.1, -0.05) is 19.3 Å². The van der Waals surface area contributed by atoms with E-state index < -0.39 is 11.9 Å². The third-order valence-electron chi connectivity index (χ3n) is 2.81. The summed E-state index contributed by atoms with van der Waals surface area (Å²) in [4.78, 5) is 22.1. The summed E-state index contributed by atoms with van der Waals surface area (Å²) in [7, 11) is 0. The van der Waals surface area contributed by atoms with E-state index in [0.29, 0.717) is 0 Å². The summed E-state index contributed by atoms with van der Waals surface area (Å²) in [5, 5.41) is 0. The molecule has 17 heavy (non-hydrogen) atoms. The van der Waals surface area contributed by atoms with Crippen molar-refractivity contribution in [2.24, 2.45) is 0 Å². The van der Waals surface area contributed by atoms with Crippen molar-refractivity contribution in [1.82, 2.24) is 0 Å². The largest absolute Gasteiger partial charge is 0.460 e. The Hall–Kier alpha value is -0.770. The molecule has 0 unspecified atom stereocenters. The van der Waals surface area contributed by atoms with Gasteiger partial charge < -0.3 is 9.47 Å². The number of halogens is 1. The zero-order valence-electron chi connectivity index (χ0n) is 9.95. The molecule has 1 aliphatic carbocycles. The number of ether oxygens (including phenoxy) is 2.